The smallest absolute Gasteiger partial charge is 0.272 e. The molecule has 174 valence electrons. The summed E-state index contributed by atoms with van der Waals surface area (Å²) >= 11 is 2.78. The molecular formula is C24H21FN4O3S2. The maximum Gasteiger partial charge on any atom is 0.272 e. The normalized spacial score (nSPS) is 11.4. The second-order valence-corrected chi connectivity index (χ2v) is 9.39. The van der Waals surface area contributed by atoms with Gasteiger partial charge in [0.25, 0.3) is 5.56 Å². The fraction of sp³-hybridized carbons (Fsp3) is 0.208. The van der Waals surface area contributed by atoms with Gasteiger partial charge in [0, 0.05) is 12.3 Å². The maximum absolute atomic E-state index is 14.1. The van der Waals surface area contributed by atoms with E-state index in [1.54, 1.807) is 30.9 Å². The fourth-order valence-corrected chi connectivity index (χ4v) is 5.58. The van der Waals surface area contributed by atoms with E-state index in [1.165, 1.54) is 29.2 Å². The van der Waals surface area contributed by atoms with Crippen molar-refractivity contribution in [2.24, 2.45) is 0 Å². The number of ether oxygens (including phenoxy) is 2. The van der Waals surface area contributed by atoms with E-state index in [0.29, 0.717) is 51.4 Å². The molecule has 0 N–H and O–H groups in total. The summed E-state index contributed by atoms with van der Waals surface area (Å²) in [5.41, 5.74) is 2.25. The number of rotatable bonds is 8. The molecule has 0 radical (unpaired) electrons. The van der Waals surface area contributed by atoms with Crippen molar-refractivity contribution in [1.29, 1.82) is 0 Å². The first kappa shape index (κ1) is 22.4. The van der Waals surface area contributed by atoms with E-state index in [4.69, 9.17) is 9.47 Å². The first-order chi connectivity index (χ1) is 16.6. The number of nitrogens with zero attached hydrogens (tertiary/aromatic N) is 4. The van der Waals surface area contributed by atoms with Gasteiger partial charge in [-0.2, -0.15) is 0 Å². The van der Waals surface area contributed by atoms with Crippen LogP contribution in [0.4, 0.5) is 4.39 Å². The van der Waals surface area contributed by atoms with Gasteiger partial charge in [0.05, 0.1) is 19.7 Å². The molecule has 0 atom stereocenters. The topological polar surface area (TPSA) is 70.7 Å². The van der Waals surface area contributed by atoms with E-state index in [9.17, 15) is 9.18 Å². The van der Waals surface area contributed by atoms with Crippen LogP contribution in [0.15, 0.2) is 63.9 Å². The third kappa shape index (κ3) is 4.03. The first-order valence-corrected chi connectivity index (χ1v) is 12.4. The van der Waals surface area contributed by atoms with Gasteiger partial charge < -0.3 is 9.47 Å². The zero-order valence-electron chi connectivity index (χ0n) is 18.5. The Labute approximate surface area is 202 Å². The number of thiophene rings is 1. The number of aromatic nitrogens is 4. The zero-order valence-corrected chi connectivity index (χ0v) is 20.2. The minimum absolute atomic E-state index is 0.101. The maximum atomic E-state index is 14.1. The van der Waals surface area contributed by atoms with Crippen LogP contribution in [0.2, 0.25) is 0 Å². The summed E-state index contributed by atoms with van der Waals surface area (Å²) in [6, 6.07) is 14.3. The minimum atomic E-state index is -0.253. The molecule has 3 heterocycles. The molecule has 7 nitrogen and oxygen atoms in total. The van der Waals surface area contributed by atoms with Crippen molar-refractivity contribution in [2.75, 3.05) is 14.2 Å². The molecule has 0 aliphatic rings. The van der Waals surface area contributed by atoms with Crippen molar-refractivity contribution >= 4 is 39.1 Å². The zero-order chi connectivity index (χ0) is 23.7. The average molecular weight is 497 g/mol. The van der Waals surface area contributed by atoms with E-state index >= 15 is 0 Å². The molecule has 3 aromatic heterocycles. The Morgan fingerprint density at radius 1 is 1.06 bits per heavy atom. The quantitative estimate of drug-likeness (QED) is 0.288. The van der Waals surface area contributed by atoms with Crippen LogP contribution < -0.4 is 15.0 Å². The van der Waals surface area contributed by atoms with Crippen molar-refractivity contribution in [3.05, 3.63) is 81.2 Å². The van der Waals surface area contributed by atoms with E-state index in [0.717, 1.165) is 11.1 Å². The molecule has 0 unspecified atom stereocenters. The molecule has 0 bridgehead atoms. The summed E-state index contributed by atoms with van der Waals surface area (Å²) < 4.78 is 29.0. The minimum Gasteiger partial charge on any atom is -0.493 e. The Morgan fingerprint density at radius 2 is 1.88 bits per heavy atom. The number of methoxy groups -OCH3 is 2. The van der Waals surface area contributed by atoms with Crippen LogP contribution in [0.5, 0.6) is 11.5 Å². The average Bonchev–Trinajstić information content (AvgIpc) is 3.50. The molecule has 0 spiro atoms. The van der Waals surface area contributed by atoms with Gasteiger partial charge in [-0.25, -0.2) is 4.39 Å². The van der Waals surface area contributed by atoms with E-state index in [1.807, 2.05) is 40.1 Å². The molecule has 0 saturated carbocycles. The number of hydrogen-bond donors (Lipinski definition) is 0. The monoisotopic (exact) mass is 496 g/mol. The summed E-state index contributed by atoms with van der Waals surface area (Å²) in [6.07, 6.45) is 0.595. The summed E-state index contributed by atoms with van der Waals surface area (Å²) in [5, 5.41) is 11.2. The Hall–Kier alpha value is -3.37. The summed E-state index contributed by atoms with van der Waals surface area (Å²) in [4.78, 5) is 13.3. The second-order valence-electron chi connectivity index (χ2n) is 7.53. The molecule has 0 aliphatic carbocycles. The molecule has 0 amide bonds. The molecule has 2 aromatic carbocycles. The van der Waals surface area contributed by atoms with Gasteiger partial charge in [-0.05, 0) is 47.2 Å². The predicted molar refractivity (Wildman–Crippen MR) is 132 cm³/mol. The van der Waals surface area contributed by atoms with Gasteiger partial charge in [-0.15, -0.1) is 21.5 Å². The summed E-state index contributed by atoms with van der Waals surface area (Å²) in [5.74, 6) is 1.91. The van der Waals surface area contributed by atoms with Gasteiger partial charge in [0.2, 0.25) is 5.78 Å². The summed E-state index contributed by atoms with van der Waals surface area (Å²) in [6.45, 7) is 0.418. The lowest BCUT2D eigenvalue weighted by Gasteiger charge is -2.11. The van der Waals surface area contributed by atoms with Crippen LogP contribution in [0.3, 0.4) is 0 Å². The van der Waals surface area contributed by atoms with Gasteiger partial charge in [0.1, 0.15) is 10.5 Å². The Bertz CT molecular complexity index is 1540. The molecule has 34 heavy (non-hydrogen) atoms. The highest BCUT2D eigenvalue weighted by Gasteiger charge is 2.18. The van der Waals surface area contributed by atoms with Crippen molar-refractivity contribution in [3.63, 3.8) is 0 Å². The first-order valence-electron chi connectivity index (χ1n) is 10.5. The molecule has 0 saturated heterocycles. The lowest BCUT2D eigenvalue weighted by atomic mass is 10.1. The van der Waals surface area contributed by atoms with Crippen molar-refractivity contribution in [1.82, 2.24) is 19.2 Å². The highest BCUT2D eigenvalue weighted by atomic mass is 32.2. The van der Waals surface area contributed by atoms with Crippen LogP contribution in [0, 0.1) is 5.82 Å². The highest BCUT2D eigenvalue weighted by molar-refractivity contribution is 7.98. The predicted octanol–water partition coefficient (Wildman–Crippen LogP) is 4.80. The van der Waals surface area contributed by atoms with Crippen LogP contribution in [-0.4, -0.2) is 33.4 Å². The van der Waals surface area contributed by atoms with Crippen molar-refractivity contribution in [2.45, 2.75) is 23.9 Å². The molecule has 0 aliphatic heterocycles. The lowest BCUT2D eigenvalue weighted by molar-refractivity contribution is 0.354. The number of benzene rings is 2. The summed E-state index contributed by atoms with van der Waals surface area (Å²) in [7, 11) is 3.19. The SMILES string of the molecule is COc1ccc(CCn2c(=O)c3sccc3n3c(SCc4ccccc4F)nnc23)cc1OC. The standard InChI is InChI=1S/C24H21FN4O3S2/c1-31-19-8-7-15(13-20(19)32-2)9-11-28-22(30)21-18(10-12-33-21)29-23(28)26-27-24(29)34-14-16-5-3-4-6-17(16)25/h3-8,10,12-13H,9,11,14H2,1-2H3. The second kappa shape index (κ2) is 9.47. The number of aryl methyl sites for hydroxylation is 2. The van der Waals surface area contributed by atoms with Gasteiger partial charge in [-0.3, -0.25) is 13.8 Å². The van der Waals surface area contributed by atoms with E-state index in [2.05, 4.69) is 10.2 Å². The Kier molecular flexibility index (Phi) is 6.25. The van der Waals surface area contributed by atoms with Crippen LogP contribution in [0.25, 0.3) is 16.0 Å². The van der Waals surface area contributed by atoms with Crippen molar-refractivity contribution in [3.8, 4) is 11.5 Å². The van der Waals surface area contributed by atoms with E-state index < -0.39 is 0 Å². The van der Waals surface area contributed by atoms with Gasteiger partial charge in [0.15, 0.2) is 16.7 Å². The van der Waals surface area contributed by atoms with Crippen LogP contribution >= 0.6 is 23.1 Å². The molecule has 0 fully saturated rings. The number of fused-ring (bicyclic) bond motifs is 3. The highest BCUT2D eigenvalue weighted by Crippen LogP contribution is 2.29. The fourth-order valence-electron chi connectivity index (χ4n) is 3.83. The number of halogens is 1. The third-order valence-corrected chi connectivity index (χ3v) is 7.44. The van der Waals surface area contributed by atoms with Crippen LogP contribution in [-0.2, 0) is 18.7 Å². The lowest BCUT2D eigenvalue weighted by Crippen LogP contribution is -2.23. The largest absolute Gasteiger partial charge is 0.493 e. The van der Waals surface area contributed by atoms with Gasteiger partial charge >= 0.3 is 0 Å². The Balaban J connectivity index is 1.50. The van der Waals surface area contributed by atoms with Gasteiger partial charge in [-0.1, -0.05) is 36.0 Å². The molecular weight excluding hydrogens is 475 g/mol. The third-order valence-electron chi connectivity index (χ3n) is 5.57. The van der Waals surface area contributed by atoms with Crippen LogP contribution in [0.1, 0.15) is 11.1 Å². The molecule has 10 heteroatoms. The number of hydrogen-bond acceptors (Lipinski definition) is 7. The molecule has 5 rings (SSSR count). The number of thioether (sulfide) groups is 1. The Morgan fingerprint density at radius 3 is 2.68 bits per heavy atom. The van der Waals surface area contributed by atoms with Crippen molar-refractivity contribution < 1.29 is 13.9 Å². The van der Waals surface area contributed by atoms with E-state index in [-0.39, 0.29) is 11.4 Å². The molecule has 5 aromatic rings.